The van der Waals surface area contributed by atoms with Gasteiger partial charge in [0.05, 0.1) is 13.0 Å². The van der Waals surface area contributed by atoms with E-state index in [2.05, 4.69) is 10.2 Å². The lowest BCUT2D eigenvalue weighted by molar-refractivity contribution is -0.142. The van der Waals surface area contributed by atoms with E-state index in [4.69, 9.17) is 4.74 Å². The zero-order valence-corrected chi connectivity index (χ0v) is 15.9. The lowest BCUT2D eigenvalue weighted by Gasteiger charge is -2.36. The lowest BCUT2D eigenvalue weighted by atomic mass is 10.1. The topological polar surface area (TPSA) is 82.1 Å². The van der Waals surface area contributed by atoms with Crippen molar-refractivity contribution in [2.45, 2.75) is 13.3 Å². The second-order valence-corrected chi connectivity index (χ2v) is 6.60. The van der Waals surface area contributed by atoms with E-state index in [1.54, 1.807) is 36.1 Å². The van der Waals surface area contributed by atoms with Crippen LogP contribution in [0.5, 0.6) is 5.75 Å². The molecule has 0 spiro atoms. The molecule has 0 aromatic heterocycles. The van der Waals surface area contributed by atoms with Gasteiger partial charge in [-0.1, -0.05) is 18.2 Å². The van der Waals surface area contributed by atoms with E-state index in [1.807, 2.05) is 24.3 Å². The van der Waals surface area contributed by atoms with Crippen molar-refractivity contribution in [1.29, 1.82) is 0 Å². The van der Waals surface area contributed by atoms with Gasteiger partial charge in [-0.3, -0.25) is 4.79 Å². The molecule has 1 fully saturated rings. The third kappa shape index (κ3) is 5.16. The molecule has 1 saturated heterocycles. The molecule has 0 aliphatic carbocycles. The van der Waals surface area contributed by atoms with Crippen molar-refractivity contribution >= 4 is 23.4 Å². The monoisotopic (exact) mass is 383 g/mol. The second-order valence-electron chi connectivity index (χ2n) is 6.60. The van der Waals surface area contributed by atoms with E-state index in [0.717, 1.165) is 11.3 Å². The first-order chi connectivity index (χ1) is 13.5. The fourth-order valence-corrected chi connectivity index (χ4v) is 3.14. The lowest BCUT2D eigenvalue weighted by Crippen LogP contribution is -2.50. The number of urea groups is 1. The Balaban J connectivity index is 1.49. The van der Waals surface area contributed by atoms with Crippen molar-refractivity contribution < 1.29 is 19.4 Å². The van der Waals surface area contributed by atoms with Crippen LogP contribution in [-0.4, -0.2) is 54.8 Å². The number of aromatic hydroxyl groups is 1. The highest BCUT2D eigenvalue weighted by molar-refractivity contribution is 5.89. The number of hydrogen-bond acceptors (Lipinski definition) is 5. The number of nitrogens with one attached hydrogen (secondary N) is 1. The molecule has 0 bridgehead atoms. The van der Waals surface area contributed by atoms with Crippen molar-refractivity contribution in [2.24, 2.45) is 0 Å². The molecule has 1 aliphatic rings. The van der Waals surface area contributed by atoms with Crippen LogP contribution in [0, 0.1) is 0 Å². The first kappa shape index (κ1) is 19.5. The number of phenolic OH excluding ortho intramolecular Hbond substituents is 1. The first-order valence-electron chi connectivity index (χ1n) is 9.39. The summed E-state index contributed by atoms with van der Waals surface area (Å²) in [5.41, 5.74) is 2.49. The van der Waals surface area contributed by atoms with Crippen LogP contribution >= 0.6 is 0 Å². The number of rotatable bonds is 5. The minimum atomic E-state index is -0.260. The molecule has 1 heterocycles. The van der Waals surface area contributed by atoms with Crippen LogP contribution in [-0.2, 0) is 16.0 Å². The molecule has 3 rings (SSSR count). The zero-order chi connectivity index (χ0) is 19.9. The first-order valence-corrected chi connectivity index (χ1v) is 9.39. The van der Waals surface area contributed by atoms with Gasteiger partial charge in [0, 0.05) is 43.6 Å². The summed E-state index contributed by atoms with van der Waals surface area (Å²) in [6.07, 6.45) is 0.221. The molecule has 28 heavy (non-hydrogen) atoms. The summed E-state index contributed by atoms with van der Waals surface area (Å²) >= 11 is 0. The summed E-state index contributed by atoms with van der Waals surface area (Å²) in [5, 5.41) is 12.5. The molecule has 2 N–H and O–H groups in total. The number of benzene rings is 2. The molecule has 0 radical (unpaired) electrons. The van der Waals surface area contributed by atoms with E-state index in [9.17, 15) is 14.7 Å². The fourth-order valence-electron chi connectivity index (χ4n) is 3.14. The average molecular weight is 383 g/mol. The van der Waals surface area contributed by atoms with Crippen LogP contribution < -0.4 is 10.2 Å². The smallest absolute Gasteiger partial charge is 0.321 e. The van der Waals surface area contributed by atoms with E-state index in [0.29, 0.717) is 38.5 Å². The minimum absolute atomic E-state index is 0.145. The third-order valence-electron chi connectivity index (χ3n) is 4.62. The number of esters is 1. The van der Waals surface area contributed by atoms with Crippen molar-refractivity contribution in [1.82, 2.24) is 4.90 Å². The average Bonchev–Trinajstić information content (AvgIpc) is 2.70. The Morgan fingerprint density at radius 1 is 1.07 bits per heavy atom. The second kappa shape index (κ2) is 9.12. The highest BCUT2D eigenvalue weighted by Gasteiger charge is 2.21. The van der Waals surface area contributed by atoms with E-state index in [1.165, 1.54) is 0 Å². The standard InChI is InChI=1S/C21H25N3O4/c1-2-28-20(26)14-16-6-8-17(9-7-16)22-21(27)24-12-10-23(11-13-24)18-4-3-5-19(25)15-18/h3-9,15,25H,2,10-14H2,1H3,(H,22,27). The number of phenols is 1. The van der Waals surface area contributed by atoms with Gasteiger partial charge < -0.3 is 25.0 Å². The number of carbonyl (C=O) groups excluding carboxylic acids is 2. The van der Waals surface area contributed by atoms with Crippen LogP contribution in [0.1, 0.15) is 12.5 Å². The number of nitrogens with zero attached hydrogens (tertiary/aromatic N) is 2. The van der Waals surface area contributed by atoms with Crippen molar-refractivity contribution in [3.8, 4) is 5.75 Å². The van der Waals surface area contributed by atoms with Gasteiger partial charge in [0.25, 0.3) is 0 Å². The molecule has 0 saturated carbocycles. The quantitative estimate of drug-likeness (QED) is 0.776. The SMILES string of the molecule is CCOC(=O)Cc1ccc(NC(=O)N2CCN(c3cccc(O)c3)CC2)cc1. The van der Waals surface area contributed by atoms with Gasteiger partial charge in [0.1, 0.15) is 5.75 Å². The molecule has 1 aliphatic heterocycles. The predicted octanol–water partition coefficient (Wildman–Crippen LogP) is 2.85. The summed E-state index contributed by atoms with van der Waals surface area (Å²) in [6, 6.07) is 14.2. The van der Waals surface area contributed by atoms with Crippen LogP contribution in [0.4, 0.5) is 16.2 Å². The highest BCUT2D eigenvalue weighted by atomic mass is 16.5. The predicted molar refractivity (Wildman–Crippen MR) is 108 cm³/mol. The number of amides is 2. The van der Waals surface area contributed by atoms with Crippen LogP contribution in [0.15, 0.2) is 48.5 Å². The molecule has 0 atom stereocenters. The van der Waals surface area contributed by atoms with Crippen LogP contribution in [0.25, 0.3) is 0 Å². The normalized spacial score (nSPS) is 13.9. The Hall–Kier alpha value is -3.22. The van der Waals surface area contributed by atoms with Crippen molar-refractivity contribution in [3.63, 3.8) is 0 Å². The number of piperazine rings is 1. The maximum absolute atomic E-state index is 12.5. The molecule has 7 heteroatoms. The molecule has 0 unspecified atom stereocenters. The van der Waals surface area contributed by atoms with Gasteiger partial charge >= 0.3 is 12.0 Å². The third-order valence-corrected chi connectivity index (χ3v) is 4.62. The van der Waals surface area contributed by atoms with Gasteiger partial charge in [0.15, 0.2) is 0 Å². The van der Waals surface area contributed by atoms with Gasteiger partial charge in [0.2, 0.25) is 0 Å². The molecular weight excluding hydrogens is 358 g/mol. The zero-order valence-electron chi connectivity index (χ0n) is 15.9. The van der Waals surface area contributed by atoms with Gasteiger partial charge in [-0.2, -0.15) is 0 Å². The molecule has 2 amide bonds. The summed E-state index contributed by atoms with van der Waals surface area (Å²) in [6.45, 7) is 4.75. The Morgan fingerprint density at radius 3 is 2.43 bits per heavy atom. The number of ether oxygens (including phenoxy) is 1. The largest absolute Gasteiger partial charge is 0.508 e. The van der Waals surface area contributed by atoms with Gasteiger partial charge in [-0.05, 0) is 36.8 Å². The summed E-state index contributed by atoms with van der Waals surface area (Å²) in [5.74, 6) is -0.0204. The molecule has 2 aromatic rings. The van der Waals surface area contributed by atoms with E-state index >= 15 is 0 Å². The van der Waals surface area contributed by atoms with Crippen LogP contribution in [0.3, 0.4) is 0 Å². The molecule has 7 nitrogen and oxygen atoms in total. The Morgan fingerprint density at radius 2 is 1.79 bits per heavy atom. The molecular formula is C21H25N3O4. The number of anilines is 2. The van der Waals surface area contributed by atoms with E-state index in [-0.39, 0.29) is 24.2 Å². The molecule has 148 valence electrons. The summed E-state index contributed by atoms with van der Waals surface area (Å²) in [7, 11) is 0. The van der Waals surface area contributed by atoms with Gasteiger partial charge in [-0.15, -0.1) is 0 Å². The van der Waals surface area contributed by atoms with Crippen molar-refractivity contribution in [3.05, 3.63) is 54.1 Å². The van der Waals surface area contributed by atoms with Crippen molar-refractivity contribution in [2.75, 3.05) is 43.0 Å². The number of carbonyl (C=O) groups is 2. The minimum Gasteiger partial charge on any atom is -0.508 e. The Bertz CT molecular complexity index is 815. The maximum atomic E-state index is 12.5. The van der Waals surface area contributed by atoms with Crippen LogP contribution in [0.2, 0.25) is 0 Å². The summed E-state index contributed by atoms with van der Waals surface area (Å²) in [4.78, 5) is 27.9. The molecule has 2 aromatic carbocycles. The maximum Gasteiger partial charge on any atom is 0.321 e. The Labute approximate surface area is 164 Å². The summed E-state index contributed by atoms with van der Waals surface area (Å²) < 4.78 is 4.93. The Kier molecular flexibility index (Phi) is 6.37. The van der Waals surface area contributed by atoms with Gasteiger partial charge in [-0.25, -0.2) is 4.79 Å². The number of hydrogen-bond donors (Lipinski definition) is 2. The highest BCUT2D eigenvalue weighted by Crippen LogP contribution is 2.21. The van der Waals surface area contributed by atoms with E-state index < -0.39 is 0 Å². The fraction of sp³-hybridized carbons (Fsp3) is 0.333.